The van der Waals surface area contributed by atoms with Gasteiger partial charge in [-0.3, -0.25) is 4.79 Å². The van der Waals surface area contributed by atoms with Crippen molar-refractivity contribution in [3.63, 3.8) is 0 Å². The molecule has 0 saturated carbocycles. The van der Waals surface area contributed by atoms with Gasteiger partial charge in [-0.05, 0) is 67.8 Å². The lowest BCUT2D eigenvalue weighted by Gasteiger charge is -2.04. The van der Waals surface area contributed by atoms with Crippen molar-refractivity contribution in [2.45, 2.75) is 20.8 Å². The van der Waals surface area contributed by atoms with E-state index in [-0.39, 0.29) is 0 Å². The molecule has 3 aromatic rings. The number of fused-ring (bicyclic) bond motifs is 1. The SMILES string of the molecule is CCOc1ccc(-c2[nH]c3cc(C)cc(C)c3c2C=O)cc1. The van der Waals surface area contributed by atoms with Crippen LogP contribution in [-0.4, -0.2) is 17.9 Å². The summed E-state index contributed by atoms with van der Waals surface area (Å²) in [5.74, 6) is 0.835. The highest BCUT2D eigenvalue weighted by molar-refractivity contribution is 6.06. The van der Waals surface area contributed by atoms with Crippen molar-refractivity contribution < 1.29 is 9.53 Å². The molecule has 1 aromatic heterocycles. The molecule has 3 nitrogen and oxygen atoms in total. The molecule has 1 heterocycles. The highest BCUT2D eigenvalue weighted by atomic mass is 16.5. The van der Waals surface area contributed by atoms with E-state index < -0.39 is 0 Å². The Bertz CT molecular complexity index is 829. The number of aromatic amines is 1. The number of carbonyl (C=O) groups is 1. The van der Waals surface area contributed by atoms with Crippen molar-refractivity contribution in [2.24, 2.45) is 0 Å². The van der Waals surface area contributed by atoms with Crippen LogP contribution in [0, 0.1) is 13.8 Å². The number of aldehydes is 1. The zero-order valence-corrected chi connectivity index (χ0v) is 13.1. The normalized spacial score (nSPS) is 10.9. The number of hydrogen-bond acceptors (Lipinski definition) is 2. The number of carbonyl (C=O) groups excluding carboxylic acids is 1. The molecule has 0 amide bonds. The van der Waals surface area contributed by atoms with Crippen molar-refractivity contribution in [1.82, 2.24) is 4.98 Å². The Labute approximate surface area is 129 Å². The van der Waals surface area contributed by atoms with Crippen LogP contribution in [0.5, 0.6) is 5.75 Å². The minimum atomic E-state index is 0.643. The Morgan fingerprint density at radius 2 is 1.86 bits per heavy atom. The van der Waals surface area contributed by atoms with E-state index in [2.05, 4.69) is 24.0 Å². The number of nitrogens with one attached hydrogen (secondary N) is 1. The molecule has 22 heavy (non-hydrogen) atoms. The Hall–Kier alpha value is -2.55. The highest BCUT2D eigenvalue weighted by Crippen LogP contribution is 2.32. The van der Waals surface area contributed by atoms with Gasteiger partial charge in [-0.25, -0.2) is 0 Å². The minimum Gasteiger partial charge on any atom is -0.494 e. The van der Waals surface area contributed by atoms with E-state index in [0.29, 0.717) is 6.61 Å². The molecule has 0 spiro atoms. The fourth-order valence-electron chi connectivity index (χ4n) is 2.98. The summed E-state index contributed by atoms with van der Waals surface area (Å²) in [6.07, 6.45) is 0.937. The molecule has 0 aliphatic heterocycles. The van der Waals surface area contributed by atoms with Crippen LogP contribution in [0.3, 0.4) is 0 Å². The first-order valence-corrected chi connectivity index (χ1v) is 7.45. The summed E-state index contributed by atoms with van der Waals surface area (Å²) in [4.78, 5) is 15.0. The molecule has 0 unspecified atom stereocenters. The van der Waals surface area contributed by atoms with Gasteiger partial charge in [-0.1, -0.05) is 6.07 Å². The Morgan fingerprint density at radius 3 is 2.50 bits per heavy atom. The fourth-order valence-corrected chi connectivity index (χ4v) is 2.98. The first-order valence-electron chi connectivity index (χ1n) is 7.45. The summed E-state index contributed by atoms with van der Waals surface area (Å²) in [7, 11) is 0. The molecule has 0 aliphatic carbocycles. The molecule has 0 fully saturated rings. The summed E-state index contributed by atoms with van der Waals surface area (Å²) in [6.45, 7) is 6.70. The maximum absolute atomic E-state index is 11.6. The number of rotatable bonds is 4. The van der Waals surface area contributed by atoms with Crippen molar-refractivity contribution in [3.05, 3.63) is 53.1 Å². The van der Waals surface area contributed by atoms with E-state index in [1.165, 1.54) is 5.56 Å². The number of ether oxygens (including phenoxy) is 1. The smallest absolute Gasteiger partial charge is 0.152 e. The van der Waals surface area contributed by atoms with Crippen molar-refractivity contribution >= 4 is 17.2 Å². The highest BCUT2D eigenvalue weighted by Gasteiger charge is 2.14. The van der Waals surface area contributed by atoms with Gasteiger partial charge in [0.05, 0.1) is 12.3 Å². The van der Waals surface area contributed by atoms with Crippen molar-refractivity contribution in [2.75, 3.05) is 6.61 Å². The van der Waals surface area contributed by atoms with E-state index in [1.807, 2.05) is 38.1 Å². The first kappa shape index (κ1) is 14.4. The lowest BCUT2D eigenvalue weighted by Crippen LogP contribution is -1.91. The van der Waals surface area contributed by atoms with Crippen LogP contribution >= 0.6 is 0 Å². The molecule has 3 rings (SSSR count). The predicted octanol–water partition coefficient (Wildman–Crippen LogP) is 4.66. The molecule has 0 atom stereocenters. The molecule has 1 N–H and O–H groups in total. The quantitative estimate of drug-likeness (QED) is 0.711. The van der Waals surface area contributed by atoms with Crippen molar-refractivity contribution in [3.8, 4) is 17.0 Å². The molecule has 0 saturated heterocycles. The second-order valence-electron chi connectivity index (χ2n) is 5.49. The molecule has 2 aromatic carbocycles. The third kappa shape index (κ3) is 2.39. The second kappa shape index (κ2) is 5.68. The van der Waals surface area contributed by atoms with Gasteiger partial charge in [-0.15, -0.1) is 0 Å². The van der Waals surface area contributed by atoms with E-state index in [9.17, 15) is 4.79 Å². The van der Waals surface area contributed by atoms with E-state index in [0.717, 1.165) is 45.3 Å². The van der Waals surface area contributed by atoms with Gasteiger partial charge in [0.25, 0.3) is 0 Å². The second-order valence-corrected chi connectivity index (χ2v) is 5.49. The van der Waals surface area contributed by atoms with E-state index in [4.69, 9.17) is 4.74 Å². The zero-order valence-electron chi connectivity index (χ0n) is 13.1. The van der Waals surface area contributed by atoms with Crippen LogP contribution in [0.25, 0.3) is 22.2 Å². The first-order chi connectivity index (χ1) is 10.6. The number of H-pyrrole nitrogens is 1. The molecular weight excluding hydrogens is 274 g/mol. The summed E-state index contributed by atoms with van der Waals surface area (Å²) < 4.78 is 5.47. The maximum atomic E-state index is 11.6. The van der Waals surface area contributed by atoms with Crippen LogP contribution in [0.4, 0.5) is 0 Å². The third-order valence-corrected chi connectivity index (χ3v) is 3.85. The molecule has 0 aliphatic rings. The fraction of sp³-hybridized carbons (Fsp3) is 0.211. The van der Waals surface area contributed by atoms with Crippen LogP contribution in [0.15, 0.2) is 36.4 Å². The number of hydrogen-bond donors (Lipinski definition) is 1. The van der Waals surface area contributed by atoms with Gasteiger partial charge in [0.15, 0.2) is 6.29 Å². The molecule has 3 heteroatoms. The topological polar surface area (TPSA) is 42.1 Å². The summed E-state index contributed by atoms with van der Waals surface area (Å²) in [5, 5.41) is 1.00. The number of benzene rings is 2. The predicted molar refractivity (Wildman–Crippen MR) is 89.8 cm³/mol. The van der Waals surface area contributed by atoms with Crippen molar-refractivity contribution in [1.29, 1.82) is 0 Å². The van der Waals surface area contributed by atoms with Crippen LogP contribution in [0.2, 0.25) is 0 Å². The van der Waals surface area contributed by atoms with Gasteiger partial charge >= 0.3 is 0 Å². The Balaban J connectivity index is 2.18. The lowest BCUT2D eigenvalue weighted by molar-refractivity contribution is 0.112. The standard InChI is InChI=1S/C19H19NO2/c1-4-22-15-7-5-14(6-8-15)19-16(11-21)18-13(3)9-12(2)10-17(18)20-19/h5-11,20H,4H2,1-3H3. The summed E-state index contributed by atoms with van der Waals surface area (Å²) >= 11 is 0. The van der Waals surface area contributed by atoms with Gasteiger partial charge in [0.2, 0.25) is 0 Å². The zero-order chi connectivity index (χ0) is 15.7. The molecule has 112 valence electrons. The van der Waals surface area contributed by atoms with Gasteiger partial charge in [0, 0.05) is 16.5 Å². The van der Waals surface area contributed by atoms with Gasteiger partial charge in [0.1, 0.15) is 5.75 Å². The van der Waals surface area contributed by atoms with E-state index >= 15 is 0 Å². The average Bonchev–Trinajstić information content (AvgIpc) is 2.87. The van der Waals surface area contributed by atoms with Crippen LogP contribution in [-0.2, 0) is 0 Å². The van der Waals surface area contributed by atoms with Gasteiger partial charge in [-0.2, -0.15) is 0 Å². The summed E-state index contributed by atoms with van der Waals surface area (Å²) in [6, 6.07) is 12.0. The average molecular weight is 293 g/mol. The number of aryl methyl sites for hydroxylation is 2. The maximum Gasteiger partial charge on any atom is 0.152 e. The molecule has 0 radical (unpaired) electrons. The third-order valence-electron chi connectivity index (χ3n) is 3.85. The van der Waals surface area contributed by atoms with Crippen LogP contribution < -0.4 is 4.74 Å². The molecule has 0 bridgehead atoms. The van der Waals surface area contributed by atoms with Crippen LogP contribution in [0.1, 0.15) is 28.4 Å². The minimum absolute atomic E-state index is 0.643. The lowest BCUT2D eigenvalue weighted by atomic mass is 10.0. The van der Waals surface area contributed by atoms with E-state index in [1.54, 1.807) is 0 Å². The monoisotopic (exact) mass is 293 g/mol. The number of aromatic nitrogens is 1. The Morgan fingerprint density at radius 1 is 1.14 bits per heavy atom. The largest absolute Gasteiger partial charge is 0.494 e. The van der Waals surface area contributed by atoms with Gasteiger partial charge < -0.3 is 9.72 Å². The Kier molecular flexibility index (Phi) is 3.72. The summed E-state index contributed by atoms with van der Waals surface area (Å²) in [5.41, 5.74) is 5.87. The molecular formula is C19H19NO2.